The summed E-state index contributed by atoms with van der Waals surface area (Å²) in [5.41, 5.74) is 6.51. The van der Waals surface area contributed by atoms with E-state index in [1.807, 2.05) is 0 Å². The summed E-state index contributed by atoms with van der Waals surface area (Å²) in [5, 5.41) is 3.31. The van der Waals surface area contributed by atoms with Crippen LogP contribution >= 0.6 is 0 Å². The van der Waals surface area contributed by atoms with Crippen LogP contribution in [0.25, 0.3) is 0 Å². The number of nitrogens with two attached hydrogens (primary N) is 1. The molecule has 19 heavy (non-hydrogen) atoms. The van der Waals surface area contributed by atoms with Crippen molar-refractivity contribution in [2.24, 2.45) is 5.92 Å². The number of nitrogen functional groups attached to an aromatic ring is 1. The number of anilines is 2. The number of nitrogens with zero attached hydrogens (tertiary/aromatic N) is 1. The first-order chi connectivity index (χ1) is 9.13. The molecule has 3 fully saturated rings. The molecule has 104 valence electrons. The van der Waals surface area contributed by atoms with E-state index in [0.29, 0.717) is 17.3 Å². The van der Waals surface area contributed by atoms with Gasteiger partial charge in [0.1, 0.15) is 0 Å². The van der Waals surface area contributed by atoms with Crippen LogP contribution in [0, 0.1) is 5.92 Å². The van der Waals surface area contributed by atoms with Gasteiger partial charge in [0.25, 0.3) is 6.43 Å². The quantitative estimate of drug-likeness (QED) is 0.827. The maximum atomic E-state index is 13.0. The molecule has 0 aromatic heterocycles. The van der Waals surface area contributed by atoms with Gasteiger partial charge in [0.15, 0.2) is 0 Å². The smallest absolute Gasteiger partial charge is 0.265 e. The van der Waals surface area contributed by atoms with Gasteiger partial charge in [-0.1, -0.05) is 0 Å². The van der Waals surface area contributed by atoms with E-state index in [0.717, 1.165) is 32.5 Å². The molecule has 3 saturated heterocycles. The third-order valence-electron chi connectivity index (χ3n) is 4.31. The van der Waals surface area contributed by atoms with E-state index < -0.39 is 6.43 Å². The minimum absolute atomic E-state index is 0.0106. The average Bonchev–Trinajstić information content (AvgIpc) is 2.42. The van der Waals surface area contributed by atoms with Crippen LogP contribution < -0.4 is 11.1 Å². The Morgan fingerprint density at radius 3 is 2.58 bits per heavy atom. The molecular weight excluding hydrogens is 248 g/mol. The molecule has 3 aliphatic heterocycles. The second-order valence-electron chi connectivity index (χ2n) is 5.54. The van der Waals surface area contributed by atoms with Gasteiger partial charge in [-0.25, -0.2) is 8.78 Å². The topological polar surface area (TPSA) is 41.3 Å². The summed E-state index contributed by atoms with van der Waals surface area (Å²) < 4.78 is 26.1. The molecule has 0 amide bonds. The van der Waals surface area contributed by atoms with Crippen molar-refractivity contribution in [1.82, 2.24) is 4.90 Å². The van der Waals surface area contributed by atoms with E-state index in [-0.39, 0.29) is 11.6 Å². The predicted octanol–water partition coefficient (Wildman–Crippen LogP) is 2.71. The van der Waals surface area contributed by atoms with Gasteiger partial charge >= 0.3 is 0 Å². The molecule has 0 radical (unpaired) electrons. The van der Waals surface area contributed by atoms with Crippen LogP contribution in [0.3, 0.4) is 0 Å². The third kappa shape index (κ3) is 2.52. The minimum Gasteiger partial charge on any atom is -0.399 e. The van der Waals surface area contributed by atoms with Crippen molar-refractivity contribution in [3.63, 3.8) is 0 Å². The third-order valence-corrected chi connectivity index (χ3v) is 4.31. The van der Waals surface area contributed by atoms with Crippen LogP contribution in [-0.2, 0) is 0 Å². The van der Waals surface area contributed by atoms with Crippen molar-refractivity contribution in [2.75, 3.05) is 30.7 Å². The molecule has 4 rings (SSSR count). The van der Waals surface area contributed by atoms with Crippen molar-refractivity contribution < 1.29 is 8.78 Å². The first kappa shape index (κ1) is 12.7. The average molecular weight is 267 g/mol. The lowest BCUT2D eigenvalue weighted by molar-refractivity contribution is 0.0971. The van der Waals surface area contributed by atoms with E-state index in [4.69, 9.17) is 5.73 Å². The molecule has 1 aromatic rings. The van der Waals surface area contributed by atoms with Crippen molar-refractivity contribution in [3.05, 3.63) is 23.8 Å². The lowest BCUT2D eigenvalue weighted by atomic mass is 9.84. The summed E-state index contributed by atoms with van der Waals surface area (Å²) in [6.07, 6.45) is -0.167. The Bertz CT molecular complexity index is 456. The summed E-state index contributed by atoms with van der Waals surface area (Å²) in [6, 6.07) is 5.00. The molecule has 0 saturated carbocycles. The number of nitrogens with one attached hydrogen (secondary N) is 1. The van der Waals surface area contributed by atoms with Crippen molar-refractivity contribution >= 4 is 11.4 Å². The highest BCUT2D eigenvalue weighted by Crippen LogP contribution is 2.33. The monoisotopic (exact) mass is 267 g/mol. The zero-order chi connectivity index (χ0) is 13.4. The van der Waals surface area contributed by atoms with Crippen LogP contribution in [-0.4, -0.2) is 30.6 Å². The summed E-state index contributed by atoms with van der Waals surface area (Å²) in [7, 11) is 0. The number of piperidine rings is 3. The molecule has 5 heteroatoms. The first-order valence-corrected chi connectivity index (χ1v) is 6.80. The molecule has 1 aromatic carbocycles. The Balaban J connectivity index is 1.79. The minimum atomic E-state index is -2.49. The number of benzene rings is 1. The lowest BCUT2D eigenvalue weighted by Crippen LogP contribution is -2.53. The summed E-state index contributed by atoms with van der Waals surface area (Å²) in [4.78, 5) is 2.40. The van der Waals surface area contributed by atoms with Gasteiger partial charge in [-0.15, -0.1) is 0 Å². The van der Waals surface area contributed by atoms with E-state index in [1.54, 1.807) is 12.1 Å². The number of hydrogen-bond acceptors (Lipinski definition) is 3. The van der Waals surface area contributed by atoms with E-state index in [1.165, 1.54) is 6.07 Å². The standard InChI is InChI=1S/C14H19F2N3/c15-14(16)11-7-10(17)1-2-12(11)18-13-8-19-5-3-9(13)4-6-19/h1-2,7,9,13-14,18H,3-6,8,17H2. The van der Waals surface area contributed by atoms with Gasteiger partial charge < -0.3 is 16.0 Å². The van der Waals surface area contributed by atoms with E-state index in [9.17, 15) is 8.78 Å². The highest BCUT2D eigenvalue weighted by Gasteiger charge is 2.34. The second kappa shape index (κ2) is 4.96. The van der Waals surface area contributed by atoms with Gasteiger partial charge in [0.2, 0.25) is 0 Å². The summed E-state index contributed by atoms with van der Waals surface area (Å²) in [6.45, 7) is 3.25. The maximum Gasteiger partial charge on any atom is 0.265 e. The van der Waals surface area contributed by atoms with Gasteiger partial charge in [-0.2, -0.15) is 0 Å². The molecule has 2 bridgehead atoms. The number of alkyl halides is 2. The molecule has 0 aliphatic carbocycles. The maximum absolute atomic E-state index is 13.0. The second-order valence-corrected chi connectivity index (χ2v) is 5.54. The van der Waals surface area contributed by atoms with Crippen LogP contribution in [0.4, 0.5) is 20.2 Å². The molecular formula is C14H19F2N3. The van der Waals surface area contributed by atoms with Crippen LogP contribution in [0.15, 0.2) is 18.2 Å². The summed E-state index contributed by atoms with van der Waals surface area (Å²) in [5.74, 6) is 0.605. The largest absolute Gasteiger partial charge is 0.399 e. The van der Waals surface area contributed by atoms with Crippen LogP contribution in [0.5, 0.6) is 0 Å². The number of hydrogen-bond donors (Lipinski definition) is 2. The fourth-order valence-electron chi connectivity index (χ4n) is 3.22. The van der Waals surface area contributed by atoms with Gasteiger partial charge in [-0.05, 0) is 50.0 Å². The first-order valence-electron chi connectivity index (χ1n) is 6.80. The molecule has 0 spiro atoms. The number of halogens is 2. The van der Waals surface area contributed by atoms with Crippen molar-refractivity contribution in [3.8, 4) is 0 Å². The lowest BCUT2D eigenvalue weighted by Gasteiger charge is -2.45. The zero-order valence-electron chi connectivity index (χ0n) is 10.8. The van der Waals surface area contributed by atoms with Gasteiger partial charge in [0.05, 0.1) is 0 Å². The zero-order valence-corrected chi connectivity index (χ0v) is 10.8. The van der Waals surface area contributed by atoms with E-state index >= 15 is 0 Å². The van der Waals surface area contributed by atoms with Gasteiger partial charge in [0, 0.05) is 29.5 Å². The predicted molar refractivity (Wildman–Crippen MR) is 72.4 cm³/mol. The van der Waals surface area contributed by atoms with Crippen molar-refractivity contribution in [1.29, 1.82) is 0 Å². The Morgan fingerprint density at radius 1 is 1.26 bits per heavy atom. The van der Waals surface area contributed by atoms with Gasteiger partial charge in [-0.3, -0.25) is 0 Å². The molecule has 3 N–H and O–H groups in total. The highest BCUT2D eigenvalue weighted by atomic mass is 19.3. The molecule has 3 nitrogen and oxygen atoms in total. The molecule has 1 unspecified atom stereocenters. The fraction of sp³-hybridized carbons (Fsp3) is 0.571. The van der Waals surface area contributed by atoms with Crippen molar-refractivity contribution in [2.45, 2.75) is 25.3 Å². The molecule has 3 heterocycles. The Hall–Kier alpha value is -1.36. The highest BCUT2D eigenvalue weighted by molar-refractivity contribution is 5.59. The Labute approximate surface area is 111 Å². The number of fused-ring (bicyclic) bond motifs is 3. The Morgan fingerprint density at radius 2 is 2.00 bits per heavy atom. The van der Waals surface area contributed by atoms with Crippen LogP contribution in [0.2, 0.25) is 0 Å². The van der Waals surface area contributed by atoms with Crippen LogP contribution in [0.1, 0.15) is 24.8 Å². The summed E-state index contributed by atoms with van der Waals surface area (Å²) >= 11 is 0. The normalized spacial score (nSPS) is 29.7. The molecule has 3 aliphatic rings. The van der Waals surface area contributed by atoms with E-state index in [2.05, 4.69) is 10.2 Å². The fourth-order valence-corrected chi connectivity index (χ4v) is 3.22. The number of rotatable bonds is 3. The SMILES string of the molecule is Nc1ccc(NC2CN3CCC2CC3)c(C(F)F)c1. The Kier molecular flexibility index (Phi) is 3.31. The molecule has 1 atom stereocenters.